The molecule has 8 heteroatoms. The number of aliphatic hydroxyl groups is 1. The topological polar surface area (TPSA) is 102 Å². The molecule has 59 heavy (non-hydrogen) atoms. The molecule has 1 N–H and O–H groups in total. The molecule has 348 valence electrons. The Morgan fingerprint density at radius 1 is 0.542 bits per heavy atom. The van der Waals surface area contributed by atoms with E-state index < -0.39 is 16.9 Å². The van der Waals surface area contributed by atoms with Crippen molar-refractivity contribution in [2.45, 2.75) is 279 Å². The molecule has 0 aromatic heterocycles. The van der Waals surface area contributed by atoms with Crippen LogP contribution in [0.2, 0.25) is 0 Å². The first-order valence-electron chi connectivity index (χ1n) is 25.3. The second kappa shape index (κ2) is 33.9. The van der Waals surface area contributed by atoms with E-state index in [0.717, 1.165) is 122 Å². The molecule has 8 nitrogen and oxygen atoms in total. The van der Waals surface area contributed by atoms with Gasteiger partial charge in [-0.05, 0) is 111 Å². The lowest BCUT2D eigenvalue weighted by molar-refractivity contribution is -0.161. The minimum absolute atomic E-state index is 0.0381. The Bertz CT molecular complexity index is 1040. The molecule has 0 aromatic rings. The lowest BCUT2D eigenvalue weighted by Gasteiger charge is -2.27. The van der Waals surface area contributed by atoms with Crippen molar-refractivity contribution in [3.05, 3.63) is 0 Å². The van der Waals surface area contributed by atoms with Gasteiger partial charge in [0.2, 0.25) is 0 Å². The minimum atomic E-state index is -0.506. The summed E-state index contributed by atoms with van der Waals surface area (Å²) in [5.74, 6) is -0.331. The molecule has 1 aliphatic rings. The van der Waals surface area contributed by atoms with Crippen LogP contribution in [-0.4, -0.2) is 72.0 Å². The number of likely N-dealkylation sites (tertiary alicyclic amines) is 1. The van der Waals surface area contributed by atoms with Gasteiger partial charge in [-0.25, -0.2) is 0 Å². The van der Waals surface area contributed by atoms with Crippen LogP contribution in [0.15, 0.2) is 0 Å². The van der Waals surface area contributed by atoms with Crippen LogP contribution in [-0.2, 0) is 28.6 Å². The van der Waals surface area contributed by atoms with Crippen LogP contribution in [0.25, 0.3) is 0 Å². The zero-order chi connectivity index (χ0) is 43.8. The van der Waals surface area contributed by atoms with E-state index in [1.54, 1.807) is 0 Å². The maximum Gasteiger partial charge on any atom is 0.323 e. The molecule has 1 heterocycles. The van der Waals surface area contributed by atoms with Crippen LogP contribution >= 0.6 is 0 Å². The second-order valence-electron chi connectivity index (χ2n) is 19.6. The Morgan fingerprint density at radius 2 is 0.915 bits per heavy atom. The molecule has 0 aliphatic carbocycles. The van der Waals surface area contributed by atoms with Gasteiger partial charge >= 0.3 is 17.9 Å². The molecule has 0 aromatic carbocycles. The summed E-state index contributed by atoms with van der Waals surface area (Å²) in [5, 5.41) is 10.4. The molecule has 0 saturated carbocycles. The number of aliphatic hydroxyl groups excluding tert-OH is 1. The van der Waals surface area contributed by atoms with Crippen molar-refractivity contribution < 1.29 is 33.7 Å². The van der Waals surface area contributed by atoms with Gasteiger partial charge in [-0.1, -0.05) is 143 Å². The van der Waals surface area contributed by atoms with Crippen molar-refractivity contribution in [1.82, 2.24) is 4.90 Å². The summed E-state index contributed by atoms with van der Waals surface area (Å²) in [7, 11) is 0. The highest BCUT2D eigenvalue weighted by atomic mass is 16.6. The summed E-state index contributed by atoms with van der Waals surface area (Å²) in [5.41, 5.74) is -0.993. The Morgan fingerprint density at radius 3 is 1.32 bits per heavy atom. The normalized spacial score (nSPS) is 16.3. The van der Waals surface area contributed by atoms with Gasteiger partial charge in [0.25, 0.3) is 0 Å². The highest BCUT2D eigenvalue weighted by molar-refractivity contribution is 5.77. The maximum absolute atomic E-state index is 13.3. The van der Waals surface area contributed by atoms with Gasteiger partial charge < -0.3 is 19.3 Å². The van der Waals surface area contributed by atoms with E-state index in [2.05, 4.69) is 32.6 Å². The van der Waals surface area contributed by atoms with Crippen molar-refractivity contribution in [2.24, 2.45) is 10.8 Å². The number of carbonyl (C=O) groups is 3. The molecule has 0 unspecified atom stereocenters. The molecular weight excluding hydrogens is 739 g/mol. The predicted molar refractivity (Wildman–Crippen MR) is 245 cm³/mol. The monoisotopic (exact) mass is 836 g/mol. The zero-order valence-electron chi connectivity index (χ0n) is 40.2. The van der Waals surface area contributed by atoms with E-state index in [-0.39, 0.29) is 36.2 Å². The maximum atomic E-state index is 13.3. The first-order chi connectivity index (χ1) is 28.3. The number of hydrogen-bond donors (Lipinski definition) is 1. The van der Waals surface area contributed by atoms with Crippen molar-refractivity contribution in [2.75, 3.05) is 19.7 Å². The number of carbonyl (C=O) groups excluding carboxylic acids is 3. The minimum Gasteiger partial charge on any atom is -0.465 e. The predicted octanol–water partition coefficient (Wildman–Crippen LogP) is 13.6. The number of hydrogen-bond acceptors (Lipinski definition) is 8. The van der Waals surface area contributed by atoms with Crippen LogP contribution < -0.4 is 0 Å². The molecule has 2 atom stereocenters. The third-order valence-electron chi connectivity index (χ3n) is 12.8. The quantitative estimate of drug-likeness (QED) is 0.0371. The van der Waals surface area contributed by atoms with Crippen molar-refractivity contribution in [3.8, 4) is 0 Å². The molecular formula is C51H97NO7. The highest BCUT2D eigenvalue weighted by Crippen LogP contribution is 2.30. The first kappa shape index (κ1) is 55.3. The standard InChI is InChI=1S/C51H97NO7/c1-9-13-17-25-33-44(34-26-18-14-10-2)58-48(55)50(5,6)37-29-21-23-31-39-52-42-43(53)41-46(52)47(54)57-40-32-24-22-30-38-51(7,8)49(56)59-45(35-27-19-15-11-3)36-28-20-16-12-4/h43-46,53H,9-42H2,1-8H3/t43-,46-/m0/s1. The molecule has 0 bridgehead atoms. The summed E-state index contributed by atoms with van der Waals surface area (Å²) in [4.78, 5) is 41.7. The van der Waals surface area contributed by atoms with E-state index in [9.17, 15) is 19.5 Å². The van der Waals surface area contributed by atoms with Crippen LogP contribution in [0.1, 0.15) is 254 Å². The number of rotatable bonds is 39. The van der Waals surface area contributed by atoms with Gasteiger partial charge in [-0.15, -0.1) is 0 Å². The summed E-state index contributed by atoms with van der Waals surface area (Å²) in [6, 6.07) is -0.385. The fourth-order valence-electron chi connectivity index (χ4n) is 8.44. The van der Waals surface area contributed by atoms with Crippen LogP contribution in [0.4, 0.5) is 0 Å². The molecule has 1 fully saturated rings. The smallest absolute Gasteiger partial charge is 0.323 e. The van der Waals surface area contributed by atoms with E-state index >= 15 is 0 Å². The Balaban J connectivity index is 2.37. The van der Waals surface area contributed by atoms with Gasteiger partial charge in [0.1, 0.15) is 18.2 Å². The summed E-state index contributed by atoms with van der Waals surface area (Å²) in [6.07, 6.45) is 32.3. The van der Waals surface area contributed by atoms with Crippen molar-refractivity contribution in [1.29, 1.82) is 0 Å². The first-order valence-corrected chi connectivity index (χ1v) is 25.3. The lowest BCUT2D eigenvalue weighted by atomic mass is 9.86. The Labute approximate surface area is 364 Å². The number of ether oxygens (including phenoxy) is 3. The van der Waals surface area contributed by atoms with E-state index in [0.29, 0.717) is 19.6 Å². The van der Waals surface area contributed by atoms with Crippen molar-refractivity contribution >= 4 is 17.9 Å². The lowest BCUT2D eigenvalue weighted by Crippen LogP contribution is -2.38. The molecule has 1 aliphatic heterocycles. The Hall–Kier alpha value is -1.67. The number of unbranched alkanes of at least 4 members (excludes halogenated alkanes) is 18. The van der Waals surface area contributed by atoms with E-state index in [4.69, 9.17) is 14.2 Å². The van der Waals surface area contributed by atoms with Crippen molar-refractivity contribution in [3.63, 3.8) is 0 Å². The second-order valence-corrected chi connectivity index (χ2v) is 19.6. The fourth-order valence-corrected chi connectivity index (χ4v) is 8.44. The van der Waals surface area contributed by atoms with Gasteiger partial charge in [0.05, 0.1) is 23.5 Å². The molecule has 0 spiro atoms. The highest BCUT2D eigenvalue weighted by Gasteiger charge is 2.37. The molecule has 0 amide bonds. The molecule has 1 saturated heterocycles. The van der Waals surface area contributed by atoms with Crippen LogP contribution in [0, 0.1) is 10.8 Å². The van der Waals surface area contributed by atoms with E-state index in [1.807, 2.05) is 27.7 Å². The Kier molecular flexibility index (Phi) is 31.8. The fraction of sp³-hybridized carbons (Fsp3) is 0.941. The van der Waals surface area contributed by atoms with Gasteiger partial charge in [0.15, 0.2) is 0 Å². The van der Waals surface area contributed by atoms with Crippen LogP contribution in [0.5, 0.6) is 0 Å². The summed E-state index contributed by atoms with van der Waals surface area (Å²) in [6.45, 7) is 18.7. The third kappa shape index (κ3) is 26.4. The molecule has 0 radical (unpaired) electrons. The number of nitrogens with zero attached hydrogens (tertiary/aromatic N) is 1. The van der Waals surface area contributed by atoms with Gasteiger partial charge in [0, 0.05) is 13.0 Å². The zero-order valence-corrected chi connectivity index (χ0v) is 40.2. The van der Waals surface area contributed by atoms with Gasteiger partial charge in [-0.2, -0.15) is 0 Å². The third-order valence-corrected chi connectivity index (χ3v) is 12.8. The van der Waals surface area contributed by atoms with Crippen LogP contribution in [0.3, 0.4) is 0 Å². The van der Waals surface area contributed by atoms with E-state index in [1.165, 1.54) is 77.0 Å². The number of esters is 3. The average molecular weight is 836 g/mol. The number of β-amino-alcohol motifs (C(OH)–C–C–N with tert-alkyl or cyclic N) is 1. The molecule has 1 rings (SSSR count). The van der Waals surface area contributed by atoms with Gasteiger partial charge in [-0.3, -0.25) is 19.3 Å². The average Bonchev–Trinajstić information content (AvgIpc) is 3.58. The summed E-state index contributed by atoms with van der Waals surface area (Å²) < 4.78 is 18.0. The SMILES string of the molecule is CCCCCCC(CCCCCC)OC(=O)C(C)(C)CCCCCCOC(=O)[C@@H]1C[C@H](O)CN1CCCCCCC(C)(C)C(=O)OC(CCCCCC)CCCCCC. The largest absolute Gasteiger partial charge is 0.465 e. The summed E-state index contributed by atoms with van der Waals surface area (Å²) >= 11 is 0.